The number of hydrogen-bond acceptors (Lipinski definition) is 5. The van der Waals surface area contributed by atoms with E-state index in [1.807, 2.05) is 19.1 Å². The minimum absolute atomic E-state index is 0.121. The lowest BCUT2D eigenvalue weighted by molar-refractivity contribution is -0.141. The van der Waals surface area contributed by atoms with Crippen LogP contribution in [0.2, 0.25) is 0 Å². The van der Waals surface area contributed by atoms with E-state index in [-0.39, 0.29) is 24.6 Å². The van der Waals surface area contributed by atoms with Gasteiger partial charge in [0.2, 0.25) is 5.95 Å². The number of aromatic nitrogens is 5. The first-order chi connectivity index (χ1) is 13.2. The van der Waals surface area contributed by atoms with Crippen molar-refractivity contribution in [1.29, 1.82) is 0 Å². The van der Waals surface area contributed by atoms with Crippen molar-refractivity contribution in [2.75, 3.05) is 5.32 Å². The molecule has 0 bridgehead atoms. The van der Waals surface area contributed by atoms with E-state index in [0.29, 0.717) is 17.3 Å². The van der Waals surface area contributed by atoms with E-state index in [9.17, 15) is 18.0 Å². The Labute approximate surface area is 158 Å². The van der Waals surface area contributed by atoms with Crippen LogP contribution in [0, 0.1) is 6.92 Å². The molecule has 28 heavy (non-hydrogen) atoms. The maximum atomic E-state index is 12.8. The molecule has 0 spiro atoms. The third kappa shape index (κ3) is 4.76. The average Bonchev–Trinajstić information content (AvgIpc) is 3.01. The summed E-state index contributed by atoms with van der Waals surface area (Å²) in [5.41, 5.74) is 0.536. The molecule has 0 amide bonds. The number of alkyl halides is 3. The van der Waals surface area contributed by atoms with Crippen molar-refractivity contribution in [3.63, 3.8) is 0 Å². The maximum absolute atomic E-state index is 12.8. The number of hydrogen-bond donors (Lipinski definition) is 2. The van der Waals surface area contributed by atoms with Gasteiger partial charge in [-0.1, -0.05) is 0 Å². The zero-order valence-electron chi connectivity index (χ0n) is 15.3. The molecule has 1 unspecified atom stereocenters. The minimum Gasteiger partial charge on any atom is -0.349 e. The zero-order valence-corrected chi connectivity index (χ0v) is 15.3. The Morgan fingerprint density at radius 3 is 2.61 bits per heavy atom. The normalized spacial score (nSPS) is 12.8. The number of H-pyrrole nitrogens is 1. The highest BCUT2D eigenvalue weighted by molar-refractivity contribution is 5.31. The quantitative estimate of drug-likeness (QED) is 0.673. The Kier molecular flexibility index (Phi) is 5.48. The predicted molar refractivity (Wildman–Crippen MR) is 96.8 cm³/mol. The second kappa shape index (κ2) is 7.83. The standard InChI is InChI=1S/C18H19F3N6O/c1-11-9-15(18(19,20)21)26-27(11)8-5-14-10-16(28)25-17(24-14)23-12(2)13-3-6-22-7-4-13/h3-4,6-7,9-10,12H,5,8H2,1-2H3,(H2,23,24,25,28). The summed E-state index contributed by atoms with van der Waals surface area (Å²) in [6, 6.07) is 5.89. The first-order valence-electron chi connectivity index (χ1n) is 8.61. The number of anilines is 1. The molecule has 0 saturated heterocycles. The second-order valence-electron chi connectivity index (χ2n) is 6.37. The topological polar surface area (TPSA) is 88.5 Å². The fraction of sp³-hybridized carbons (Fsp3) is 0.333. The van der Waals surface area contributed by atoms with Crippen molar-refractivity contribution < 1.29 is 13.2 Å². The van der Waals surface area contributed by atoms with Crippen molar-refractivity contribution >= 4 is 5.95 Å². The molecule has 7 nitrogen and oxygen atoms in total. The van der Waals surface area contributed by atoms with Gasteiger partial charge in [0.05, 0.1) is 11.7 Å². The molecule has 10 heteroatoms. The fourth-order valence-electron chi connectivity index (χ4n) is 2.74. The molecule has 0 radical (unpaired) electrons. The Morgan fingerprint density at radius 2 is 1.96 bits per heavy atom. The molecule has 0 aliphatic heterocycles. The third-order valence-electron chi connectivity index (χ3n) is 4.21. The molecule has 1 atom stereocenters. The number of pyridine rings is 1. The average molecular weight is 392 g/mol. The first-order valence-corrected chi connectivity index (χ1v) is 8.61. The van der Waals surface area contributed by atoms with Gasteiger partial charge in [0.25, 0.3) is 5.56 Å². The molecule has 2 N–H and O–H groups in total. The lowest BCUT2D eigenvalue weighted by Gasteiger charge is -2.15. The summed E-state index contributed by atoms with van der Waals surface area (Å²) >= 11 is 0. The van der Waals surface area contributed by atoms with Crippen LogP contribution in [0.25, 0.3) is 0 Å². The Bertz CT molecular complexity index is 997. The van der Waals surface area contributed by atoms with Gasteiger partial charge in [-0.05, 0) is 37.6 Å². The molecule has 3 rings (SSSR count). The molecule has 3 aromatic rings. The molecule has 0 aliphatic rings. The summed E-state index contributed by atoms with van der Waals surface area (Å²) < 4.78 is 39.6. The van der Waals surface area contributed by atoms with Crippen molar-refractivity contribution in [3.05, 3.63) is 69.7 Å². The summed E-state index contributed by atoms with van der Waals surface area (Å²) in [5.74, 6) is 0.292. The van der Waals surface area contributed by atoms with Crippen LogP contribution in [-0.4, -0.2) is 24.7 Å². The predicted octanol–water partition coefficient (Wildman–Crippen LogP) is 3.10. The number of halogens is 3. The fourth-order valence-corrected chi connectivity index (χ4v) is 2.74. The van der Waals surface area contributed by atoms with E-state index in [1.54, 1.807) is 19.3 Å². The van der Waals surface area contributed by atoms with Gasteiger partial charge < -0.3 is 5.32 Å². The van der Waals surface area contributed by atoms with E-state index in [0.717, 1.165) is 11.6 Å². The van der Waals surface area contributed by atoms with Crippen molar-refractivity contribution in [2.24, 2.45) is 0 Å². The van der Waals surface area contributed by atoms with Crippen molar-refractivity contribution in [1.82, 2.24) is 24.7 Å². The van der Waals surface area contributed by atoms with E-state index in [4.69, 9.17) is 0 Å². The van der Waals surface area contributed by atoms with Gasteiger partial charge in [-0.2, -0.15) is 18.3 Å². The third-order valence-corrected chi connectivity index (χ3v) is 4.21. The second-order valence-corrected chi connectivity index (χ2v) is 6.37. The smallest absolute Gasteiger partial charge is 0.349 e. The van der Waals surface area contributed by atoms with Crippen LogP contribution in [0.15, 0.2) is 41.5 Å². The van der Waals surface area contributed by atoms with Gasteiger partial charge >= 0.3 is 6.18 Å². The molecule has 0 aromatic carbocycles. The van der Waals surface area contributed by atoms with E-state index in [1.165, 1.54) is 10.7 Å². The number of aromatic amines is 1. The molecular weight excluding hydrogens is 373 g/mol. The molecule has 3 aromatic heterocycles. The van der Waals surface area contributed by atoms with Gasteiger partial charge in [0.1, 0.15) is 0 Å². The highest BCUT2D eigenvalue weighted by Crippen LogP contribution is 2.28. The van der Waals surface area contributed by atoms with E-state index >= 15 is 0 Å². The summed E-state index contributed by atoms with van der Waals surface area (Å²) in [6.07, 6.45) is -0.885. The maximum Gasteiger partial charge on any atom is 0.435 e. The van der Waals surface area contributed by atoms with Crippen LogP contribution in [0.4, 0.5) is 19.1 Å². The van der Waals surface area contributed by atoms with Gasteiger partial charge in [-0.3, -0.25) is 19.4 Å². The number of nitrogens with zero attached hydrogens (tertiary/aromatic N) is 4. The van der Waals surface area contributed by atoms with E-state index in [2.05, 4.69) is 25.4 Å². The molecule has 0 aliphatic carbocycles. The van der Waals surface area contributed by atoms with E-state index < -0.39 is 11.9 Å². The van der Waals surface area contributed by atoms with Crippen molar-refractivity contribution in [3.8, 4) is 0 Å². The van der Waals surface area contributed by atoms with Crippen LogP contribution in [0.1, 0.15) is 35.6 Å². The molecular formula is C18H19F3N6O. The highest BCUT2D eigenvalue weighted by Gasteiger charge is 2.34. The number of aryl methyl sites for hydroxylation is 3. The van der Waals surface area contributed by atoms with Crippen LogP contribution in [-0.2, 0) is 19.1 Å². The summed E-state index contributed by atoms with van der Waals surface area (Å²) in [7, 11) is 0. The molecule has 148 valence electrons. The van der Waals surface area contributed by atoms with Gasteiger partial charge in [0.15, 0.2) is 5.69 Å². The Hall–Kier alpha value is -3.17. The highest BCUT2D eigenvalue weighted by atomic mass is 19.4. The lowest BCUT2D eigenvalue weighted by Crippen LogP contribution is -2.17. The monoisotopic (exact) mass is 392 g/mol. The van der Waals surface area contributed by atoms with Gasteiger partial charge in [-0.15, -0.1) is 0 Å². The molecule has 0 fully saturated rings. The number of nitrogens with one attached hydrogen (secondary N) is 2. The zero-order chi connectivity index (χ0) is 20.3. The van der Waals surface area contributed by atoms with Crippen LogP contribution < -0.4 is 10.9 Å². The lowest BCUT2D eigenvalue weighted by atomic mass is 10.1. The van der Waals surface area contributed by atoms with Crippen molar-refractivity contribution in [2.45, 2.75) is 39.0 Å². The van der Waals surface area contributed by atoms with Crippen LogP contribution >= 0.6 is 0 Å². The van der Waals surface area contributed by atoms with Crippen LogP contribution in [0.3, 0.4) is 0 Å². The molecule has 0 saturated carbocycles. The van der Waals surface area contributed by atoms with Gasteiger partial charge in [-0.25, -0.2) is 4.98 Å². The Balaban J connectivity index is 1.72. The number of rotatable bonds is 6. The minimum atomic E-state index is -4.49. The first kappa shape index (κ1) is 19.6. The summed E-state index contributed by atoms with van der Waals surface area (Å²) in [6.45, 7) is 3.64. The summed E-state index contributed by atoms with van der Waals surface area (Å²) in [5, 5.41) is 6.69. The van der Waals surface area contributed by atoms with Gasteiger partial charge in [0, 0.05) is 37.1 Å². The van der Waals surface area contributed by atoms with Crippen LogP contribution in [0.5, 0.6) is 0 Å². The SMILES string of the molecule is Cc1cc(C(F)(F)F)nn1CCc1cc(=O)[nH]c(NC(C)c2ccncc2)n1. The summed E-state index contributed by atoms with van der Waals surface area (Å²) in [4.78, 5) is 22.9. The Morgan fingerprint density at radius 1 is 1.25 bits per heavy atom. The molecule has 3 heterocycles. The largest absolute Gasteiger partial charge is 0.435 e.